The Kier molecular flexibility index (Phi) is 2.86. The summed E-state index contributed by atoms with van der Waals surface area (Å²) in [5, 5.41) is 5.67. The van der Waals surface area contributed by atoms with Crippen molar-refractivity contribution in [3.05, 3.63) is 40.8 Å². The Labute approximate surface area is 123 Å². The van der Waals surface area contributed by atoms with Crippen LogP contribution in [-0.2, 0) is 0 Å². The molecule has 2 heterocycles. The van der Waals surface area contributed by atoms with Gasteiger partial charge in [0.15, 0.2) is 0 Å². The van der Waals surface area contributed by atoms with Gasteiger partial charge in [-0.15, -0.1) is 11.3 Å². The van der Waals surface area contributed by atoms with Crippen molar-refractivity contribution < 1.29 is 4.74 Å². The van der Waals surface area contributed by atoms with Crippen molar-refractivity contribution in [3.63, 3.8) is 0 Å². The topological polar surface area (TPSA) is 21.3 Å². The molecule has 0 radical (unpaired) electrons. The molecular weight excluding hydrogens is 266 g/mol. The van der Waals surface area contributed by atoms with E-state index in [4.69, 9.17) is 4.74 Å². The summed E-state index contributed by atoms with van der Waals surface area (Å²) in [7, 11) is 1.78. The molecule has 1 aliphatic heterocycles. The molecule has 104 valence electrons. The van der Waals surface area contributed by atoms with Gasteiger partial charge in [-0.3, -0.25) is 0 Å². The number of rotatable bonds is 2. The smallest absolute Gasteiger partial charge is 0.127 e. The maximum atomic E-state index is 5.66. The molecule has 3 unspecified atom stereocenters. The second-order valence-corrected chi connectivity index (χ2v) is 6.82. The van der Waals surface area contributed by atoms with Crippen LogP contribution in [0.3, 0.4) is 0 Å². The van der Waals surface area contributed by atoms with Gasteiger partial charge in [-0.1, -0.05) is 13.0 Å². The maximum Gasteiger partial charge on any atom is 0.127 e. The minimum absolute atomic E-state index is 0.648. The molecule has 1 aliphatic carbocycles. The first kappa shape index (κ1) is 12.4. The highest BCUT2D eigenvalue weighted by Gasteiger charge is 2.41. The van der Waals surface area contributed by atoms with Crippen LogP contribution < -0.4 is 10.1 Å². The third-order valence-corrected chi connectivity index (χ3v) is 5.89. The minimum Gasteiger partial charge on any atom is -0.496 e. The van der Waals surface area contributed by atoms with Gasteiger partial charge < -0.3 is 10.1 Å². The van der Waals surface area contributed by atoms with E-state index >= 15 is 0 Å². The van der Waals surface area contributed by atoms with E-state index in [1.54, 1.807) is 18.4 Å². The first-order valence-electron chi connectivity index (χ1n) is 7.26. The molecule has 0 amide bonds. The number of methoxy groups -OCH3 is 1. The van der Waals surface area contributed by atoms with Crippen LogP contribution in [0.25, 0.3) is 10.4 Å². The van der Waals surface area contributed by atoms with E-state index in [1.807, 2.05) is 0 Å². The summed E-state index contributed by atoms with van der Waals surface area (Å²) >= 11 is 1.78. The summed E-state index contributed by atoms with van der Waals surface area (Å²) in [6, 6.07) is 8.95. The maximum absolute atomic E-state index is 5.66. The van der Waals surface area contributed by atoms with Crippen LogP contribution in [0.1, 0.15) is 29.9 Å². The van der Waals surface area contributed by atoms with E-state index in [1.165, 1.54) is 21.6 Å². The zero-order chi connectivity index (χ0) is 13.7. The third-order valence-electron chi connectivity index (χ3n) is 4.99. The molecule has 2 aromatic rings. The number of benzene rings is 1. The van der Waals surface area contributed by atoms with Gasteiger partial charge in [0.1, 0.15) is 5.75 Å². The first-order chi connectivity index (χ1) is 9.79. The molecule has 3 heteroatoms. The molecule has 1 fully saturated rings. The van der Waals surface area contributed by atoms with Crippen LogP contribution in [0.2, 0.25) is 0 Å². The van der Waals surface area contributed by atoms with Crippen molar-refractivity contribution in [1.29, 1.82) is 0 Å². The fraction of sp³-hybridized carbons (Fsp3) is 0.412. The van der Waals surface area contributed by atoms with Crippen LogP contribution >= 0.6 is 11.3 Å². The van der Waals surface area contributed by atoms with Crippen LogP contribution in [0.15, 0.2) is 29.6 Å². The van der Waals surface area contributed by atoms with E-state index in [9.17, 15) is 0 Å². The Morgan fingerprint density at radius 3 is 2.90 bits per heavy atom. The fourth-order valence-electron chi connectivity index (χ4n) is 3.92. The lowest BCUT2D eigenvalue weighted by atomic mass is 9.91. The average molecular weight is 285 g/mol. The van der Waals surface area contributed by atoms with Crippen molar-refractivity contribution in [2.45, 2.75) is 18.8 Å². The highest BCUT2D eigenvalue weighted by molar-refractivity contribution is 7.13. The lowest BCUT2D eigenvalue weighted by Gasteiger charge is -2.14. The van der Waals surface area contributed by atoms with Crippen LogP contribution in [-0.4, -0.2) is 20.2 Å². The van der Waals surface area contributed by atoms with E-state index in [0.29, 0.717) is 11.8 Å². The zero-order valence-electron chi connectivity index (χ0n) is 11.8. The van der Waals surface area contributed by atoms with Gasteiger partial charge in [0.25, 0.3) is 0 Å². The average Bonchev–Trinajstić information content (AvgIpc) is 3.18. The Bertz CT molecular complexity index is 635. The van der Waals surface area contributed by atoms with Gasteiger partial charge in [0, 0.05) is 22.9 Å². The van der Waals surface area contributed by atoms with Crippen LogP contribution in [0.4, 0.5) is 0 Å². The largest absolute Gasteiger partial charge is 0.496 e. The van der Waals surface area contributed by atoms with Gasteiger partial charge >= 0.3 is 0 Å². The molecular formula is C17H19NOS. The van der Waals surface area contributed by atoms with Crippen LogP contribution in [0.5, 0.6) is 5.75 Å². The molecule has 2 aliphatic rings. The quantitative estimate of drug-likeness (QED) is 0.905. The summed E-state index contributed by atoms with van der Waals surface area (Å²) < 4.78 is 5.66. The molecule has 1 aromatic heterocycles. The number of nitrogens with one attached hydrogen (secondary N) is 1. The monoisotopic (exact) mass is 285 g/mol. The first-order valence-corrected chi connectivity index (χ1v) is 8.14. The van der Waals surface area contributed by atoms with Gasteiger partial charge in [-0.25, -0.2) is 0 Å². The molecule has 3 atom stereocenters. The molecule has 1 saturated heterocycles. The van der Waals surface area contributed by atoms with E-state index in [0.717, 1.165) is 24.8 Å². The second-order valence-electron chi connectivity index (χ2n) is 5.88. The predicted molar refractivity (Wildman–Crippen MR) is 83.8 cm³/mol. The van der Waals surface area contributed by atoms with Crippen molar-refractivity contribution in [1.82, 2.24) is 5.32 Å². The van der Waals surface area contributed by atoms with Crippen molar-refractivity contribution >= 4 is 11.3 Å². The Hall–Kier alpha value is -1.32. The number of hydrogen-bond donors (Lipinski definition) is 1. The lowest BCUT2D eigenvalue weighted by Crippen LogP contribution is -2.12. The van der Waals surface area contributed by atoms with Crippen molar-refractivity contribution in [3.8, 4) is 16.2 Å². The SMILES string of the molecule is COc1cc2c(cc1-c1cccs1)C(C)C1CNCC21. The van der Waals surface area contributed by atoms with E-state index in [-0.39, 0.29) is 0 Å². The van der Waals surface area contributed by atoms with Gasteiger partial charge in [0.05, 0.1) is 7.11 Å². The standard InChI is InChI=1S/C17H19NOS/c1-10-11-6-13(17-4-3-5-20-17)16(19-2)7-12(11)15-9-18-8-14(10)15/h3-7,10,14-15,18H,8-9H2,1-2H3. The molecule has 0 bridgehead atoms. The third kappa shape index (κ3) is 1.66. The molecule has 1 N–H and O–H groups in total. The summed E-state index contributed by atoms with van der Waals surface area (Å²) in [4.78, 5) is 1.30. The van der Waals surface area contributed by atoms with Gasteiger partial charge in [0.2, 0.25) is 0 Å². The Morgan fingerprint density at radius 2 is 2.15 bits per heavy atom. The highest BCUT2D eigenvalue weighted by atomic mass is 32.1. The molecule has 1 aromatic carbocycles. The fourth-order valence-corrected chi connectivity index (χ4v) is 4.66. The van der Waals surface area contributed by atoms with E-state index < -0.39 is 0 Å². The predicted octanol–water partition coefficient (Wildman–Crippen LogP) is 3.84. The number of hydrogen-bond acceptors (Lipinski definition) is 3. The Balaban J connectivity index is 1.88. The summed E-state index contributed by atoms with van der Waals surface area (Å²) in [5.74, 6) is 3.10. The van der Waals surface area contributed by atoms with E-state index in [2.05, 4.69) is 41.9 Å². The van der Waals surface area contributed by atoms with Crippen molar-refractivity contribution in [2.24, 2.45) is 5.92 Å². The molecule has 0 spiro atoms. The van der Waals surface area contributed by atoms with Crippen molar-refractivity contribution in [2.75, 3.05) is 20.2 Å². The summed E-state index contributed by atoms with van der Waals surface area (Å²) in [6.07, 6.45) is 0. The van der Waals surface area contributed by atoms with Crippen LogP contribution in [0, 0.1) is 5.92 Å². The molecule has 0 saturated carbocycles. The molecule has 20 heavy (non-hydrogen) atoms. The number of ether oxygens (including phenoxy) is 1. The molecule has 4 rings (SSSR count). The Morgan fingerprint density at radius 1 is 1.25 bits per heavy atom. The highest BCUT2D eigenvalue weighted by Crippen LogP contribution is 2.51. The second kappa shape index (κ2) is 4.61. The van der Waals surface area contributed by atoms with Gasteiger partial charge in [-0.2, -0.15) is 0 Å². The number of thiophene rings is 1. The normalized spacial score (nSPS) is 27.4. The summed E-state index contributed by atoms with van der Waals surface area (Å²) in [5.41, 5.74) is 4.29. The number of fused-ring (bicyclic) bond motifs is 3. The summed E-state index contributed by atoms with van der Waals surface area (Å²) in [6.45, 7) is 4.64. The minimum atomic E-state index is 0.648. The lowest BCUT2D eigenvalue weighted by molar-refractivity contribution is 0.415. The van der Waals surface area contributed by atoms with Gasteiger partial charge in [-0.05, 0) is 53.1 Å². The zero-order valence-corrected chi connectivity index (χ0v) is 12.7. The molecule has 2 nitrogen and oxygen atoms in total.